The lowest BCUT2D eigenvalue weighted by Crippen LogP contribution is -2.05. The molecule has 2 aromatic heterocycles. The molecular formula is C11H14N4O2S. The number of hydrogen-bond acceptors (Lipinski definition) is 7. The summed E-state index contributed by atoms with van der Waals surface area (Å²) in [7, 11) is 0. The average molecular weight is 266 g/mol. The zero-order chi connectivity index (χ0) is 12.4. The maximum absolute atomic E-state index is 5.57. The predicted octanol–water partition coefficient (Wildman–Crippen LogP) is 1.28. The highest BCUT2D eigenvalue weighted by Crippen LogP contribution is 2.18. The highest BCUT2D eigenvalue weighted by molar-refractivity contribution is 7.13. The molecule has 1 saturated heterocycles. The molecule has 0 amide bonds. The van der Waals surface area contributed by atoms with Crippen molar-refractivity contribution in [1.82, 2.24) is 15.1 Å². The maximum atomic E-state index is 5.57. The minimum Gasteiger partial charge on any atom is -0.381 e. The Labute approximate surface area is 108 Å². The zero-order valence-corrected chi connectivity index (χ0v) is 10.7. The van der Waals surface area contributed by atoms with Crippen LogP contribution in [0.15, 0.2) is 9.90 Å². The Morgan fingerprint density at radius 2 is 2.39 bits per heavy atom. The SMILES string of the molecule is Nc1nc(Cc2nc(CC3CCOC3)no2)cs1. The number of hydrogen-bond donors (Lipinski definition) is 1. The van der Waals surface area contributed by atoms with Gasteiger partial charge in [-0.25, -0.2) is 4.98 Å². The number of nitrogens with two attached hydrogens (primary N) is 1. The largest absolute Gasteiger partial charge is 0.381 e. The van der Waals surface area contributed by atoms with Gasteiger partial charge in [0.25, 0.3) is 0 Å². The summed E-state index contributed by atoms with van der Waals surface area (Å²) in [6.07, 6.45) is 2.44. The van der Waals surface area contributed by atoms with Crippen molar-refractivity contribution in [3.63, 3.8) is 0 Å². The normalized spacial score (nSPS) is 19.4. The van der Waals surface area contributed by atoms with Crippen molar-refractivity contribution in [2.45, 2.75) is 19.3 Å². The summed E-state index contributed by atoms with van der Waals surface area (Å²) in [6, 6.07) is 0. The lowest BCUT2D eigenvalue weighted by molar-refractivity contribution is 0.185. The molecule has 2 N–H and O–H groups in total. The predicted molar refractivity (Wildman–Crippen MR) is 66.3 cm³/mol. The minimum absolute atomic E-state index is 0.519. The van der Waals surface area contributed by atoms with E-state index >= 15 is 0 Å². The van der Waals surface area contributed by atoms with Crippen LogP contribution in [0.4, 0.5) is 5.13 Å². The van der Waals surface area contributed by atoms with Gasteiger partial charge in [-0.15, -0.1) is 11.3 Å². The Morgan fingerprint density at radius 3 is 3.11 bits per heavy atom. The van der Waals surface area contributed by atoms with Gasteiger partial charge in [0.2, 0.25) is 5.89 Å². The number of aromatic nitrogens is 3. The van der Waals surface area contributed by atoms with Crippen LogP contribution in [0.1, 0.15) is 23.8 Å². The smallest absolute Gasteiger partial charge is 0.232 e. The second-order valence-corrected chi connectivity index (χ2v) is 5.28. The molecule has 18 heavy (non-hydrogen) atoms. The van der Waals surface area contributed by atoms with Crippen molar-refractivity contribution in [3.05, 3.63) is 22.8 Å². The molecule has 0 aliphatic carbocycles. The Bertz CT molecular complexity index is 519. The van der Waals surface area contributed by atoms with E-state index in [1.807, 2.05) is 5.38 Å². The van der Waals surface area contributed by atoms with Crippen LogP contribution in [-0.2, 0) is 17.6 Å². The van der Waals surface area contributed by atoms with Gasteiger partial charge in [-0.3, -0.25) is 0 Å². The van der Waals surface area contributed by atoms with Crippen molar-refractivity contribution < 1.29 is 9.26 Å². The molecule has 6 nitrogen and oxygen atoms in total. The van der Waals surface area contributed by atoms with Crippen LogP contribution in [0.5, 0.6) is 0 Å². The van der Waals surface area contributed by atoms with E-state index in [2.05, 4.69) is 15.1 Å². The number of nitrogens with zero attached hydrogens (tertiary/aromatic N) is 3. The van der Waals surface area contributed by atoms with Crippen LogP contribution >= 0.6 is 11.3 Å². The van der Waals surface area contributed by atoms with E-state index in [0.29, 0.717) is 23.4 Å². The van der Waals surface area contributed by atoms with E-state index in [4.69, 9.17) is 15.0 Å². The monoisotopic (exact) mass is 266 g/mol. The molecule has 0 radical (unpaired) electrons. The first-order valence-electron chi connectivity index (χ1n) is 5.88. The second-order valence-electron chi connectivity index (χ2n) is 4.39. The minimum atomic E-state index is 0.519. The number of nitrogen functional groups attached to an aromatic ring is 1. The lowest BCUT2D eigenvalue weighted by Gasteiger charge is -2.00. The Morgan fingerprint density at radius 1 is 1.44 bits per heavy atom. The zero-order valence-electron chi connectivity index (χ0n) is 9.83. The molecule has 1 atom stereocenters. The third-order valence-electron chi connectivity index (χ3n) is 2.91. The number of ether oxygens (including phenoxy) is 1. The first kappa shape index (κ1) is 11.6. The van der Waals surface area contributed by atoms with E-state index in [0.717, 1.165) is 37.6 Å². The van der Waals surface area contributed by atoms with Crippen LogP contribution in [-0.4, -0.2) is 28.3 Å². The van der Waals surface area contributed by atoms with E-state index in [1.165, 1.54) is 11.3 Å². The number of rotatable bonds is 4. The van der Waals surface area contributed by atoms with Crippen molar-refractivity contribution in [2.24, 2.45) is 5.92 Å². The summed E-state index contributed by atoms with van der Waals surface area (Å²) in [4.78, 5) is 8.54. The first-order chi connectivity index (χ1) is 8.79. The number of thiazole rings is 1. The second kappa shape index (κ2) is 5.03. The van der Waals surface area contributed by atoms with E-state index in [1.54, 1.807) is 0 Å². The van der Waals surface area contributed by atoms with Crippen molar-refractivity contribution >= 4 is 16.5 Å². The molecule has 0 bridgehead atoms. The fraction of sp³-hybridized carbons (Fsp3) is 0.545. The van der Waals surface area contributed by atoms with Gasteiger partial charge in [-0.1, -0.05) is 5.16 Å². The third-order valence-corrected chi connectivity index (χ3v) is 3.63. The Balaban J connectivity index is 1.62. The average Bonchev–Trinajstić information content (AvgIpc) is 3.04. The van der Waals surface area contributed by atoms with E-state index in [-0.39, 0.29) is 0 Å². The molecule has 1 aliphatic heterocycles. The summed E-state index contributed by atoms with van der Waals surface area (Å²) >= 11 is 1.42. The highest BCUT2D eigenvalue weighted by atomic mass is 32.1. The van der Waals surface area contributed by atoms with Crippen molar-refractivity contribution in [3.8, 4) is 0 Å². The van der Waals surface area contributed by atoms with Gasteiger partial charge in [0, 0.05) is 25.0 Å². The molecule has 1 unspecified atom stereocenters. The van der Waals surface area contributed by atoms with Crippen LogP contribution in [0.25, 0.3) is 0 Å². The van der Waals surface area contributed by atoms with E-state index < -0.39 is 0 Å². The van der Waals surface area contributed by atoms with Gasteiger partial charge >= 0.3 is 0 Å². The molecule has 3 heterocycles. The highest BCUT2D eigenvalue weighted by Gasteiger charge is 2.19. The van der Waals surface area contributed by atoms with Crippen LogP contribution in [0.2, 0.25) is 0 Å². The lowest BCUT2D eigenvalue weighted by atomic mass is 10.1. The number of anilines is 1. The Hall–Kier alpha value is -1.47. The molecular weight excluding hydrogens is 252 g/mol. The third kappa shape index (κ3) is 2.68. The van der Waals surface area contributed by atoms with Crippen LogP contribution < -0.4 is 5.73 Å². The Kier molecular flexibility index (Phi) is 3.24. The van der Waals surface area contributed by atoms with Gasteiger partial charge in [-0.05, 0) is 12.3 Å². The topological polar surface area (TPSA) is 87.1 Å². The summed E-state index contributed by atoms with van der Waals surface area (Å²) in [5.74, 6) is 1.86. The molecule has 0 saturated carbocycles. The van der Waals surface area contributed by atoms with Gasteiger partial charge in [-0.2, -0.15) is 4.98 Å². The summed E-state index contributed by atoms with van der Waals surface area (Å²) < 4.78 is 10.5. The standard InChI is InChI=1S/C11H14N4O2S/c12-11-13-8(6-18-11)4-10-14-9(15-17-10)3-7-1-2-16-5-7/h6-7H,1-5H2,(H2,12,13). The molecule has 1 fully saturated rings. The summed E-state index contributed by atoms with van der Waals surface area (Å²) in [5.41, 5.74) is 6.45. The van der Waals surface area contributed by atoms with Crippen molar-refractivity contribution in [2.75, 3.05) is 18.9 Å². The fourth-order valence-electron chi connectivity index (χ4n) is 2.01. The molecule has 7 heteroatoms. The van der Waals surface area contributed by atoms with Gasteiger partial charge in [0.05, 0.1) is 12.1 Å². The quantitative estimate of drug-likeness (QED) is 0.897. The molecule has 2 aromatic rings. The van der Waals surface area contributed by atoms with Crippen LogP contribution in [0.3, 0.4) is 0 Å². The molecule has 0 spiro atoms. The van der Waals surface area contributed by atoms with Gasteiger partial charge < -0.3 is 15.0 Å². The first-order valence-corrected chi connectivity index (χ1v) is 6.76. The summed E-state index contributed by atoms with van der Waals surface area (Å²) in [6.45, 7) is 1.64. The summed E-state index contributed by atoms with van der Waals surface area (Å²) in [5, 5.41) is 6.45. The molecule has 3 rings (SSSR count). The molecule has 1 aliphatic rings. The fourth-order valence-corrected chi connectivity index (χ4v) is 2.57. The van der Waals surface area contributed by atoms with Gasteiger partial charge in [0.15, 0.2) is 11.0 Å². The molecule has 96 valence electrons. The van der Waals surface area contributed by atoms with Crippen molar-refractivity contribution in [1.29, 1.82) is 0 Å². The van der Waals surface area contributed by atoms with E-state index in [9.17, 15) is 0 Å². The molecule has 0 aromatic carbocycles. The maximum Gasteiger partial charge on any atom is 0.232 e. The van der Waals surface area contributed by atoms with Gasteiger partial charge in [0.1, 0.15) is 0 Å². The van der Waals surface area contributed by atoms with Crippen LogP contribution in [0, 0.1) is 5.92 Å².